The molecule has 3 aromatic rings. The second-order valence-corrected chi connectivity index (χ2v) is 7.92. The van der Waals surface area contributed by atoms with Gasteiger partial charge in [-0.25, -0.2) is 4.39 Å². The van der Waals surface area contributed by atoms with Crippen LogP contribution in [0.15, 0.2) is 53.3 Å². The zero-order valence-corrected chi connectivity index (χ0v) is 17.7. The Morgan fingerprint density at radius 3 is 2.59 bits per heavy atom. The first-order valence-corrected chi connectivity index (χ1v) is 9.96. The summed E-state index contributed by atoms with van der Waals surface area (Å²) in [4.78, 5) is 18.9. The average molecular weight is 414 g/mol. The number of hydrogen-bond acceptors (Lipinski definition) is 2. The van der Waals surface area contributed by atoms with E-state index in [1.54, 1.807) is 12.1 Å². The average Bonchev–Trinajstić information content (AvgIpc) is 2.67. The minimum atomic E-state index is -0.299. The largest absolute Gasteiger partial charge is 0.339 e. The van der Waals surface area contributed by atoms with Crippen LogP contribution in [0.5, 0.6) is 0 Å². The molecule has 5 nitrogen and oxygen atoms in total. The topological polar surface area (TPSA) is 52.6 Å². The monoisotopic (exact) mass is 413 g/mol. The van der Waals surface area contributed by atoms with E-state index in [-0.39, 0.29) is 11.4 Å². The van der Waals surface area contributed by atoms with Crippen LogP contribution in [0.3, 0.4) is 0 Å². The van der Waals surface area contributed by atoms with Crippen molar-refractivity contribution in [3.05, 3.63) is 75.8 Å². The quantitative estimate of drug-likeness (QED) is 0.543. The predicted molar refractivity (Wildman–Crippen MR) is 120 cm³/mol. The lowest BCUT2D eigenvalue weighted by molar-refractivity contribution is -0.857. The van der Waals surface area contributed by atoms with E-state index in [1.807, 2.05) is 36.1 Å². The summed E-state index contributed by atoms with van der Waals surface area (Å²) < 4.78 is 13.2. The van der Waals surface area contributed by atoms with Gasteiger partial charge in [0.1, 0.15) is 5.82 Å². The number of nitrogens with zero attached hydrogens (tertiary/aromatic N) is 1. The van der Waals surface area contributed by atoms with Crippen LogP contribution < -0.4 is 15.8 Å². The Labute approximate surface area is 175 Å². The number of fused-ring (bicyclic) bond motifs is 1. The Balaban J connectivity index is 1.84. The number of pyridine rings is 1. The van der Waals surface area contributed by atoms with E-state index in [9.17, 15) is 9.18 Å². The van der Waals surface area contributed by atoms with Crippen molar-refractivity contribution in [1.82, 2.24) is 9.88 Å². The number of rotatable bonds is 6. The maximum absolute atomic E-state index is 13.2. The van der Waals surface area contributed by atoms with Crippen LogP contribution in [0.25, 0.3) is 10.9 Å². The van der Waals surface area contributed by atoms with Crippen LogP contribution in [0.1, 0.15) is 11.1 Å². The summed E-state index contributed by atoms with van der Waals surface area (Å²) in [6.45, 7) is 3.92. The van der Waals surface area contributed by atoms with Crippen LogP contribution in [0.2, 0.25) is 0 Å². The first kappa shape index (κ1) is 21.0. The summed E-state index contributed by atoms with van der Waals surface area (Å²) in [7, 11) is 4.14. The van der Waals surface area contributed by atoms with Gasteiger partial charge in [-0.3, -0.25) is 4.79 Å². The molecule has 0 spiro atoms. The molecule has 0 atom stereocenters. The molecule has 0 fully saturated rings. The highest BCUT2D eigenvalue weighted by molar-refractivity contribution is 7.80. The molecule has 7 heteroatoms. The molecular formula is C22H26FN4OS+. The first-order chi connectivity index (χ1) is 13.8. The zero-order chi connectivity index (χ0) is 21.0. The van der Waals surface area contributed by atoms with Crippen molar-refractivity contribution in [3.8, 4) is 0 Å². The zero-order valence-electron chi connectivity index (χ0n) is 16.9. The standard InChI is InChI=1S/C22H25FN4OS/c1-15-4-5-16-13-17(21(28)25-20(16)12-15)14-27(11-10-26(2)3)22(29)24-19-8-6-18(23)7-9-19/h4-9,12-13H,10-11,14H2,1-3H3,(H,24,29)(H,25,28)/p+1. The molecule has 0 saturated heterocycles. The second-order valence-electron chi connectivity index (χ2n) is 7.53. The lowest BCUT2D eigenvalue weighted by Gasteiger charge is -2.26. The van der Waals surface area contributed by atoms with Crippen molar-refractivity contribution in [1.29, 1.82) is 0 Å². The molecule has 1 aromatic heterocycles. The summed E-state index contributed by atoms with van der Waals surface area (Å²) in [6, 6.07) is 14.0. The van der Waals surface area contributed by atoms with Crippen LogP contribution in [-0.2, 0) is 6.54 Å². The molecule has 29 heavy (non-hydrogen) atoms. The van der Waals surface area contributed by atoms with E-state index < -0.39 is 0 Å². The van der Waals surface area contributed by atoms with Gasteiger partial charge in [0.15, 0.2) is 5.11 Å². The first-order valence-electron chi connectivity index (χ1n) is 9.55. The van der Waals surface area contributed by atoms with E-state index in [0.717, 1.165) is 23.0 Å². The highest BCUT2D eigenvalue weighted by Gasteiger charge is 2.15. The number of H-pyrrole nitrogens is 1. The fourth-order valence-electron chi connectivity index (χ4n) is 3.03. The second kappa shape index (κ2) is 9.15. The molecule has 1 heterocycles. The third-order valence-electron chi connectivity index (χ3n) is 4.70. The van der Waals surface area contributed by atoms with Gasteiger partial charge in [0.05, 0.1) is 33.7 Å². The SMILES string of the molecule is Cc1ccc2cc(CN(CC[NH+](C)C)C(=S)Nc3ccc(F)cc3)c(=O)[nH]c2c1. The van der Waals surface area contributed by atoms with Gasteiger partial charge in [0.2, 0.25) is 0 Å². The normalized spacial score (nSPS) is 11.1. The Kier molecular flexibility index (Phi) is 6.61. The van der Waals surface area contributed by atoms with Crippen molar-refractivity contribution < 1.29 is 9.29 Å². The van der Waals surface area contributed by atoms with Gasteiger partial charge >= 0.3 is 0 Å². The predicted octanol–water partition coefficient (Wildman–Crippen LogP) is 2.32. The molecule has 152 valence electrons. The number of halogens is 1. The molecule has 0 aliphatic heterocycles. The van der Waals surface area contributed by atoms with Gasteiger partial charge in [0, 0.05) is 16.8 Å². The van der Waals surface area contributed by atoms with Gasteiger partial charge in [0.25, 0.3) is 5.56 Å². The summed E-state index contributed by atoms with van der Waals surface area (Å²) in [5.74, 6) is -0.299. The van der Waals surface area contributed by atoms with Crippen molar-refractivity contribution in [2.24, 2.45) is 0 Å². The molecule has 0 aliphatic rings. The van der Waals surface area contributed by atoms with Gasteiger partial charge in [-0.1, -0.05) is 12.1 Å². The molecule has 2 aromatic carbocycles. The molecule has 0 amide bonds. The maximum Gasteiger partial charge on any atom is 0.253 e. The number of quaternary nitrogens is 1. The van der Waals surface area contributed by atoms with Crippen molar-refractivity contribution in [3.63, 3.8) is 0 Å². The van der Waals surface area contributed by atoms with E-state index in [1.165, 1.54) is 17.0 Å². The van der Waals surface area contributed by atoms with Gasteiger partial charge in [-0.2, -0.15) is 0 Å². The summed E-state index contributed by atoms with van der Waals surface area (Å²) in [5, 5.41) is 4.63. The smallest absolute Gasteiger partial charge is 0.253 e. The molecule has 3 N–H and O–H groups in total. The van der Waals surface area contributed by atoms with Crippen molar-refractivity contribution in [2.45, 2.75) is 13.5 Å². The lowest BCUT2D eigenvalue weighted by atomic mass is 10.1. The molecule has 0 aliphatic carbocycles. The Bertz CT molecular complexity index is 1060. The molecular weight excluding hydrogens is 387 g/mol. The summed E-state index contributed by atoms with van der Waals surface area (Å²) >= 11 is 5.60. The fraction of sp³-hybridized carbons (Fsp3) is 0.273. The van der Waals surface area contributed by atoms with Crippen LogP contribution in [0, 0.1) is 12.7 Å². The van der Waals surface area contributed by atoms with Gasteiger partial charge in [-0.05, 0) is 66.5 Å². The molecule has 0 radical (unpaired) electrons. The third kappa shape index (κ3) is 5.62. The molecule has 3 rings (SSSR count). The summed E-state index contributed by atoms with van der Waals surface area (Å²) in [5.41, 5.74) is 3.17. The third-order valence-corrected chi connectivity index (χ3v) is 5.06. The van der Waals surface area contributed by atoms with E-state index in [0.29, 0.717) is 29.5 Å². The van der Waals surface area contributed by atoms with Gasteiger partial charge < -0.3 is 20.1 Å². The maximum atomic E-state index is 13.2. The van der Waals surface area contributed by atoms with Crippen LogP contribution in [0.4, 0.5) is 10.1 Å². The number of benzene rings is 2. The summed E-state index contributed by atoms with van der Waals surface area (Å²) in [6.07, 6.45) is 0. The number of aryl methyl sites for hydroxylation is 1. The lowest BCUT2D eigenvalue weighted by Crippen LogP contribution is -3.06. The number of nitrogens with one attached hydrogen (secondary N) is 3. The Hall–Kier alpha value is -2.77. The van der Waals surface area contributed by atoms with E-state index in [4.69, 9.17) is 12.2 Å². The number of anilines is 1. The van der Waals surface area contributed by atoms with E-state index in [2.05, 4.69) is 24.4 Å². The fourth-order valence-corrected chi connectivity index (χ4v) is 3.30. The minimum Gasteiger partial charge on any atom is -0.339 e. The Morgan fingerprint density at radius 2 is 1.90 bits per heavy atom. The van der Waals surface area contributed by atoms with E-state index >= 15 is 0 Å². The number of likely N-dealkylation sites (N-methyl/N-ethyl adjacent to an activating group) is 1. The molecule has 0 bridgehead atoms. The number of aromatic amines is 1. The molecule has 0 saturated carbocycles. The highest BCUT2D eigenvalue weighted by Crippen LogP contribution is 2.15. The van der Waals surface area contributed by atoms with Crippen molar-refractivity contribution in [2.75, 3.05) is 32.5 Å². The number of thiocarbonyl (C=S) groups is 1. The van der Waals surface area contributed by atoms with Crippen LogP contribution >= 0.6 is 12.2 Å². The highest BCUT2D eigenvalue weighted by atomic mass is 32.1. The van der Waals surface area contributed by atoms with Gasteiger partial charge in [-0.15, -0.1) is 0 Å². The van der Waals surface area contributed by atoms with Crippen molar-refractivity contribution >= 4 is 33.9 Å². The number of aromatic nitrogens is 1. The molecule has 0 unspecified atom stereocenters. The Morgan fingerprint density at radius 1 is 1.17 bits per heavy atom. The number of hydrogen-bond donors (Lipinski definition) is 3. The van der Waals surface area contributed by atoms with Crippen LogP contribution in [-0.4, -0.2) is 42.2 Å². The minimum absolute atomic E-state index is 0.116.